The third kappa shape index (κ3) is 3.46. The maximum atomic E-state index is 12.6. The van der Waals surface area contributed by atoms with Gasteiger partial charge in [-0.2, -0.15) is 0 Å². The van der Waals surface area contributed by atoms with Crippen molar-refractivity contribution in [2.45, 2.75) is 44.8 Å². The van der Waals surface area contributed by atoms with Crippen LogP contribution in [0.1, 0.15) is 52.6 Å². The Morgan fingerprint density at radius 1 is 1.43 bits per heavy atom. The van der Waals surface area contributed by atoms with Crippen LogP contribution in [-0.4, -0.2) is 27.9 Å². The molecule has 0 spiro atoms. The summed E-state index contributed by atoms with van der Waals surface area (Å²) in [4.78, 5) is 20.2. The number of aliphatic hydroxyl groups is 1. The van der Waals surface area contributed by atoms with Gasteiger partial charge in [-0.3, -0.25) is 4.79 Å². The van der Waals surface area contributed by atoms with Crippen LogP contribution in [0.4, 0.5) is 0 Å². The fourth-order valence-corrected chi connectivity index (χ4v) is 4.32. The molecule has 0 saturated heterocycles. The number of hydrogen-bond donors (Lipinski definition) is 1. The summed E-state index contributed by atoms with van der Waals surface area (Å²) in [7, 11) is 1.84. The quantitative estimate of drug-likeness (QED) is 0.934. The van der Waals surface area contributed by atoms with Crippen LogP contribution in [0.2, 0.25) is 0 Å². The second kappa shape index (κ2) is 6.81. The molecule has 2 unspecified atom stereocenters. The van der Waals surface area contributed by atoms with Crippen molar-refractivity contribution in [2.24, 2.45) is 0 Å². The maximum absolute atomic E-state index is 12.6. The fourth-order valence-electron chi connectivity index (χ4n) is 3.17. The molecule has 23 heavy (non-hydrogen) atoms. The van der Waals surface area contributed by atoms with Gasteiger partial charge < -0.3 is 10.0 Å². The first-order valence-electron chi connectivity index (χ1n) is 8.01. The third-order valence-electron chi connectivity index (χ3n) is 4.44. The van der Waals surface area contributed by atoms with Crippen LogP contribution in [0.25, 0.3) is 0 Å². The van der Waals surface area contributed by atoms with Gasteiger partial charge >= 0.3 is 0 Å². The van der Waals surface area contributed by atoms with E-state index in [-0.39, 0.29) is 18.4 Å². The zero-order valence-electron chi connectivity index (χ0n) is 13.5. The number of carbonyl (C=O) groups excluding carboxylic acids is 1. The molecular weight excluding hydrogens is 308 g/mol. The summed E-state index contributed by atoms with van der Waals surface area (Å²) < 4.78 is 0. The molecule has 1 heterocycles. The van der Waals surface area contributed by atoms with E-state index in [2.05, 4.69) is 4.98 Å². The lowest BCUT2D eigenvalue weighted by Crippen LogP contribution is -2.33. The van der Waals surface area contributed by atoms with Crippen molar-refractivity contribution < 1.29 is 9.90 Å². The molecule has 0 fully saturated rings. The van der Waals surface area contributed by atoms with Crippen LogP contribution in [0.5, 0.6) is 0 Å². The van der Waals surface area contributed by atoms with E-state index in [9.17, 15) is 9.90 Å². The van der Waals surface area contributed by atoms with Gasteiger partial charge in [0.15, 0.2) is 0 Å². The smallest absolute Gasteiger partial charge is 0.225 e. The number of aromatic nitrogens is 1. The number of aliphatic hydroxyl groups excluding tert-OH is 1. The summed E-state index contributed by atoms with van der Waals surface area (Å²) in [6.45, 7) is 2.01. The molecule has 5 heteroatoms. The Balaban J connectivity index is 1.71. The van der Waals surface area contributed by atoms with Gasteiger partial charge in [0.05, 0.1) is 34.1 Å². The summed E-state index contributed by atoms with van der Waals surface area (Å²) in [5.41, 5.74) is 1.93. The Kier molecular flexibility index (Phi) is 4.78. The predicted molar refractivity (Wildman–Crippen MR) is 91.3 cm³/mol. The van der Waals surface area contributed by atoms with Crippen LogP contribution in [0.15, 0.2) is 30.3 Å². The average molecular weight is 330 g/mol. The van der Waals surface area contributed by atoms with E-state index in [0.29, 0.717) is 0 Å². The highest BCUT2D eigenvalue weighted by atomic mass is 32.1. The number of carbonyl (C=O) groups is 1. The number of rotatable bonds is 4. The molecule has 1 aromatic carbocycles. The van der Waals surface area contributed by atoms with Crippen LogP contribution >= 0.6 is 11.3 Å². The molecule has 122 valence electrons. The minimum atomic E-state index is -0.752. The minimum absolute atomic E-state index is 0.0229. The van der Waals surface area contributed by atoms with Crippen molar-refractivity contribution >= 4 is 17.2 Å². The van der Waals surface area contributed by atoms with E-state index < -0.39 is 6.10 Å². The van der Waals surface area contributed by atoms with E-state index in [0.717, 1.165) is 35.5 Å². The van der Waals surface area contributed by atoms with E-state index in [1.165, 1.54) is 4.88 Å². The second-order valence-electron chi connectivity index (χ2n) is 6.09. The monoisotopic (exact) mass is 330 g/mol. The van der Waals surface area contributed by atoms with E-state index in [4.69, 9.17) is 0 Å². The zero-order valence-corrected chi connectivity index (χ0v) is 14.3. The Morgan fingerprint density at radius 2 is 2.17 bits per heavy atom. The normalized spacial score (nSPS) is 18.3. The molecule has 4 nitrogen and oxygen atoms in total. The fraction of sp³-hybridized carbons (Fsp3) is 0.444. The number of benzene rings is 1. The Morgan fingerprint density at radius 3 is 2.91 bits per heavy atom. The summed E-state index contributed by atoms with van der Waals surface area (Å²) in [5.74, 6) is -0.0229. The summed E-state index contributed by atoms with van der Waals surface area (Å²) in [6, 6.07) is 9.45. The molecule has 0 aliphatic heterocycles. The number of fused-ring (bicyclic) bond motifs is 1. The zero-order chi connectivity index (χ0) is 16.4. The van der Waals surface area contributed by atoms with Crippen molar-refractivity contribution in [1.82, 2.24) is 9.88 Å². The first kappa shape index (κ1) is 16.1. The first-order valence-corrected chi connectivity index (χ1v) is 8.82. The molecule has 2 aromatic rings. The van der Waals surface area contributed by atoms with Crippen molar-refractivity contribution in [3.05, 3.63) is 51.5 Å². The Hall–Kier alpha value is -1.72. The van der Waals surface area contributed by atoms with Crippen molar-refractivity contribution in [2.75, 3.05) is 7.05 Å². The highest BCUT2D eigenvalue weighted by Crippen LogP contribution is 2.37. The van der Waals surface area contributed by atoms with E-state index >= 15 is 0 Å². The highest BCUT2D eigenvalue weighted by Gasteiger charge is 2.30. The van der Waals surface area contributed by atoms with Crippen LogP contribution < -0.4 is 0 Å². The van der Waals surface area contributed by atoms with E-state index in [1.807, 2.05) is 44.3 Å². The number of hydrogen-bond acceptors (Lipinski definition) is 4. The Bertz CT molecular complexity index is 684. The van der Waals surface area contributed by atoms with Crippen molar-refractivity contribution in [1.29, 1.82) is 0 Å². The summed E-state index contributed by atoms with van der Waals surface area (Å²) in [5, 5.41) is 11.3. The molecule has 1 amide bonds. The lowest BCUT2D eigenvalue weighted by molar-refractivity contribution is -0.134. The molecule has 0 saturated carbocycles. The van der Waals surface area contributed by atoms with Gasteiger partial charge in [-0.25, -0.2) is 4.98 Å². The molecule has 0 bridgehead atoms. The first-order chi connectivity index (χ1) is 11.1. The third-order valence-corrected chi connectivity index (χ3v) is 5.56. The van der Waals surface area contributed by atoms with Gasteiger partial charge in [-0.15, -0.1) is 11.3 Å². The lowest BCUT2D eigenvalue weighted by atomic mass is 9.96. The standard InChI is InChI=1S/C18H22N2O2S/c1-12-19-14-9-6-10-15(18(14)23-12)20(2)17(22)11-16(21)13-7-4-3-5-8-13/h3-5,7-8,15-16,21H,6,9-11H2,1-2H3. The molecule has 1 N–H and O–H groups in total. The van der Waals surface area contributed by atoms with Gasteiger partial charge in [-0.05, 0) is 31.7 Å². The number of aryl methyl sites for hydroxylation is 2. The van der Waals surface area contributed by atoms with Gasteiger partial charge in [0, 0.05) is 7.05 Å². The number of nitrogens with zero attached hydrogens (tertiary/aromatic N) is 2. The minimum Gasteiger partial charge on any atom is -0.388 e. The molecule has 0 radical (unpaired) electrons. The maximum Gasteiger partial charge on any atom is 0.225 e. The number of amides is 1. The molecule has 2 atom stereocenters. The molecule has 1 aliphatic rings. The number of thiazole rings is 1. The van der Waals surface area contributed by atoms with Crippen molar-refractivity contribution in [3.63, 3.8) is 0 Å². The van der Waals surface area contributed by atoms with Gasteiger partial charge in [0.25, 0.3) is 0 Å². The molecule has 1 aromatic heterocycles. The topological polar surface area (TPSA) is 53.4 Å². The van der Waals surface area contributed by atoms with Crippen LogP contribution in [0, 0.1) is 6.92 Å². The van der Waals surface area contributed by atoms with Gasteiger partial charge in [-0.1, -0.05) is 30.3 Å². The largest absolute Gasteiger partial charge is 0.388 e. The average Bonchev–Trinajstić information content (AvgIpc) is 2.95. The molecular formula is C18H22N2O2S. The van der Waals surface area contributed by atoms with Crippen LogP contribution in [0.3, 0.4) is 0 Å². The second-order valence-corrected chi connectivity index (χ2v) is 7.32. The Labute approximate surface area is 140 Å². The van der Waals surface area contributed by atoms with Gasteiger partial charge in [0.2, 0.25) is 5.91 Å². The summed E-state index contributed by atoms with van der Waals surface area (Å²) >= 11 is 1.69. The SMILES string of the molecule is Cc1nc2c(s1)C(N(C)C(=O)CC(O)c1ccccc1)CCC2. The highest BCUT2D eigenvalue weighted by molar-refractivity contribution is 7.11. The predicted octanol–water partition coefficient (Wildman–Crippen LogP) is 3.41. The molecule has 3 rings (SSSR count). The van der Waals surface area contributed by atoms with E-state index in [1.54, 1.807) is 16.2 Å². The van der Waals surface area contributed by atoms with Crippen LogP contribution in [-0.2, 0) is 11.2 Å². The summed E-state index contributed by atoms with van der Waals surface area (Å²) in [6.07, 6.45) is 2.39. The van der Waals surface area contributed by atoms with Crippen molar-refractivity contribution in [3.8, 4) is 0 Å². The lowest BCUT2D eigenvalue weighted by Gasteiger charge is -2.31. The molecule has 1 aliphatic carbocycles. The van der Waals surface area contributed by atoms with Gasteiger partial charge in [0.1, 0.15) is 0 Å².